The molecule has 0 unspecified atom stereocenters. The Bertz CT molecular complexity index is 999. The van der Waals surface area contributed by atoms with Gasteiger partial charge in [-0.15, -0.1) is 0 Å². The molecule has 0 spiro atoms. The Kier molecular flexibility index (Phi) is 4.83. The molecule has 152 valence electrons. The van der Waals surface area contributed by atoms with Crippen molar-refractivity contribution in [1.29, 1.82) is 0 Å². The number of thiocarbonyl (C=S) groups is 1. The number of ether oxygens (including phenoxy) is 2. The summed E-state index contributed by atoms with van der Waals surface area (Å²) >= 11 is 12.0. The summed E-state index contributed by atoms with van der Waals surface area (Å²) in [6, 6.07) is 12.6. The van der Waals surface area contributed by atoms with Gasteiger partial charge in [-0.3, -0.25) is 9.69 Å². The minimum Gasteiger partial charge on any atom is -0.497 e. The number of carbonyl (C=O) groups excluding carboxylic acids is 1. The second-order valence-corrected chi connectivity index (χ2v) is 8.34. The molecular formula is C21H22ClN3O3S. The minimum atomic E-state index is -1.04. The number of carbonyl (C=O) groups is 1. The minimum absolute atomic E-state index is 0.0639. The van der Waals surface area contributed by atoms with Gasteiger partial charge in [0.15, 0.2) is 10.8 Å². The zero-order valence-corrected chi connectivity index (χ0v) is 18.2. The zero-order valence-electron chi connectivity index (χ0n) is 16.6. The van der Waals surface area contributed by atoms with Crippen molar-refractivity contribution in [3.05, 3.63) is 53.1 Å². The Hall–Kier alpha value is -2.51. The van der Waals surface area contributed by atoms with Crippen molar-refractivity contribution in [2.24, 2.45) is 5.92 Å². The van der Waals surface area contributed by atoms with Gasteiger partial charge in [0.2, 0.25) is 5.91 Å². The number of amides is 1. The predicted molar refractivity (Wildman–Crippen MR) is 117 cm³/mol. The highest BCUT2D eigenvalue weighted by Crippen LogP contribution is 2.50. The van der Waals surface area contributed by atoms with E-state index in [1.54, 1.807) is 32.2 Å². The molecule has 2 aromatic carbocycles. The number of nitrogens with zero attached hydrogens (tertiary/aromatic N) is 2. The van der Waals surface area contributed by atoms with Crippen LogP contribution in [0, 0.1) is 5.92 Å². The first-order valence-electron chi connectivity index (χ1n) is 9.20. The molecule has 4 rings (SSSR count). The summed E-state index contributed by atoms with van der Waals surface area (Å²) in [4.78, 5) is 16.7. The van der Waals surface area contributed by atoms with E-state index >= 15 is 0 Å². The van der Waals surface area contributed by atoms with Crippen molar-refractivity contribution in [3.8, 4) is 11.5 Å². The maximum absolute atomic E-state index is 13.3. The van der Waals surface area contributed by atoms with E-state index in [1.807, 2.05) is 48.2 Å². The largest absolute Gasteiger partial charge is 0.497 e. The Balaban J connectivity index is 1.91. The number of nitrogens with one attached hydrogen (secondary N) is 1. The molecule has 1 N–H and O–H groups in total. The number of fused-ring (bicyclic) bond motifs is 4. The molecule has 2 aromatic rings. The smallest absolute Gasteiger partial charge is 0.233 e. The van der Waals surface area contributed by atoms with Crippen molar-refractivity contribution in [3.63, 3.8) is 0 Å². The average molecular weight is 432 g/mol. The van der Waals surface area contributed by atoms with Gasteiger partial charge in [0.1, 0.15) is 17.4 Å². The molecule has 2 aliphatic rings. The van der Waals surface area contributed by atoms with E-state index in [4.69, 9.17) is 33.3 Å². The van der Waals surface area contributed by atoms with Gasteiger partial charge in [-0.25, -0.2) is 0 Å². The Morgan fingerprint density at radius 3 is 2.76 bits per heavy atom. The number of methoxy groups -OCH3 is 1. The molecule has 0 saturated carbocycles. The fourth-order valence-electron chi connectivity index (χ4n) is 4.15. The highest BCUT2D eigenvalue weighted by molar-refractivity contribution is 7.80. The third-order valence-electron chi connectivity index (χ3n) is 5.48. The predicted octanol–water partition coefficient (Wildman–Crippen LogP) is 3.60. The van der Waals surface area contributed by atoms with Gasteiger partial charge in [0.05, 0.1) is 18.8 Å². The fraction of sp³-hybridized carbons (Fsp3) is 0.333. The number of rotatable bonds is 3. The molecule has 2 heterocycles. The Morgan fingerprint density at radius 2 is 2.07 bits per heavy atom. The van der Waals surface area contributed by atoms with E-state index in [-0.39, 0.29) is 11.9 Å². The van der Waals surface area contributed by atoms with E-state index in [0.29, 0.717) is 21.6 Å². The van der Waals surface area contributed by atoms with Gasteiger partial charge in [-0.2, -0.15) is 0 Å². The van der Waals surface area contributed by atoms with E-state index in [2.05, 4.69) is 5.32 Å². The molecular weight excluding hydrogens is 410 g/mol. The maximum atomic E-state index is 13.3. The molecule has 0 aromatic heterocycles. The molecule has 6 nitrogen and oxygen atoms in total. The Morgan fingerprint density at radius 1 is 1.31 bits per heavy atom. The molecule has 0 aliphatic carbocycles. The van der Waals surface area contributed by atoms with E-state index in [1.165, 1.54) is 0 Å². The summed E-state index contributed by atoms with van der Waals surface area (Å²) < 4.78 is 11.9. The third-order valence-corrected chi connectivity index (χ3v) is 6.01. The first kappa shape index (κ1) is 19.8. The van der Waals surface area contributed by atoms with Crippen molar-refractivity contribution in [2.75, 3.05) is 26.1 Å². The fourth-order valence-corrected chi connectivity index (χ4v) is 4.74. The summed E-state index contributed by atoms with van der Waals surface area (Å²) in [6.45, 7) is 1.90. The van der Waals surface area contributed by atoms with Crippen LogP contribution in [-0.4, -0.2) is 42.8 Å². The molecule has 2 bridgehead atoms. The van der Waals surface area contributed by atoms with E-state index < -0.39 is 11.6 Å². The normalized spacial score (nSPS) is 24.9. The van der Waals surface area contributed by atoms with E-state index in [9.17, 15) is 4.79 Å². The number of halogens is 1. The van der Waals surface area contributed by atoms with Crippen molar-refractivity contribution in [1.82, 2.24) is 10.2 Å². The van der Waals surface area contributed by atoms with Crippen LogP contribution in [0.5, 0.6) is 11.5 Å². The van der Waals surface area contributed by atoms with Crippen LogP contribution in [0.3, 0.4) is 0 Å². The SMILES string of the molecule is COc1cccc(N2C(=S)N[C@H]3c4cc(Cl)ccc4O[C@@]2(C)[C@@H]3C(=O)N(C)C)c1. The highest BCUT2D eigenvalue weighted by Gasteiger charge is 2.59. The first-order chi connectivity index (χ1) is 13.8. The van der Waals surface area contributed by atoms with Gasteiger partial charge < -0.3 is 19.7 Å². The second-order valence-electron chi connectivity index (χ2n) is 7.51. The quantitative estimate of drug-likeness (QED) is 0.749. The Labute approximate surface area is 180 Å². The van der Waals surface area contributed by atoms with Crippen LogP contribution in [0.15, 0.2) is 42.5 Å². The number of hydrogen-bond acceptors (Lipinski definition) is 4. The molecule has 1 saturated heterocycles. The van der Waals surface area contributed by atoms with Gasteiger partial charge in [0.25, 0.3) is 0 Å². The van der Waals surface area contributed by atoms with Crippen molar-refractivity contribution in [2.45, 2.75) is 18.7 Å². The molecule has 2 aliphatic heterocycles. The number of anilines is 1. The van der Waals surface area contributed by atoms with Crippen LogP contribution in [0.25, 0.3) is 0 Å². The second kappa shape index (κ2) is 7.07. The van der Waals surface area contributed by atoms with Crippen molar-refractivity contribution >= 4 is 40.5 Å². The van der Waals surface area contributed by atoms with Gasteiger partial charge in [0, 0.05) is 30.7 Å². The summed E-state index contributed by atoms with van der Waals surface area (Å²) in [5, 5.41) is 4.41. The maximum Gasteiger partial charge on any atom is 0.233 e. The summed E-state index contributed by atoms with van der Waals surface area (Å²) in [5.41, 5.74) is 0.557. The first-order valence-corrected chi connectivity index (χ1v) is 9.99. The van der Waals surface area contributed by atoms with E-state index in [0.717, 1.165) is 11.3 Å². The highest BCUT2D eigenvalue weighted by atomic mass is 35.5. The van der Waals surface area contributed by atoms with Crippen LogP contribution >= 0.6 is 23.8 Å². The molecule has 29 heavy (non-hydrogen) atoms. The molecule has 0 radical (unpaired) electrons. The van der Waals surface area contributed by atoms with Gasteiger partial charge in [-0.05, 0) is 49.5 Å². The standard InChI is InChI=1S/C21H22ClN3O3S/c1-21-17(19(26)24(2)3)18(15-10-12(22)8-9-16(15)28-21)23-20(29)25(21)13-6-5-7-14(11-13)27-4/h5-11,17-18H,1-4H3,(H,23,29)/t17-,18-,21-/m0/s1. The van der Waals surface area contributed by atoms with Crippen LogP contribution in [-0.2, 0) is 4.79 Å². The van der Waals surface area contributed by atoms with Gasteiger partial charge in [-0.1, -0.05) is 17.7 Å². The van der Waals surface area contributed by atoms with Crippen LogP contribution in [0.2, 0.25) is 5.02 Å². The van der Waals surface area contributed by atoms with Crippen molar-refractivity contribution < 1.29 is 14.3 Å². The number of benzene rings is 2. The summed E-state index contributed by atoms with van der Waals surface area (Å²) in [7, 11) is 5.09. The molecule has 1 fully saturated rings. The lowest BCUT2D eigenvalue weighted by Gasteiger charge is -2.56. The lowest BCUT2D eigenvalue weighted by molar-refractivity contribution is -0.144. The summed E-state index contributed by atoms with van der Waals surface area (Å²) in [5.74, 6) is 0.745. The molecule has 8 heteroatoms. The molecule has 1 amide bonds. The summed E-state index contributed by atoms with van der Waals surface area (Å²) in [6.07, 6.45) is 0. The lowest BCUT2D eigenvalue weighted by Crippen LogP contribution is -2.72. The van der Waals surface area contributed by atoms with Crippen LogP contribution in [0.1, 0.15) is 18.5 Å². The average Bonchev–Trinajstić information content (AvgIpc) is 2.67. The number of hydrogen-bond donors (Lipinski definition) is 1. The monoisotopic (exact) mass is 431 g/mol. The third kappa shape index (κ3) is 3.09. The molecule has 3 atom stereocenters. The van der Waals surface area contributed by atoms with Gasteiger partial charge >= 0.3 is 0 Å². The topological polar surface area (TPSA) is 54.0 Å². The van der Waals surface area contributed by atoms with Crippen LogP contribution < -0.4 is 19.7 Å². The lowest BCUT2D eigenvalue weighted by atomic mass is 9.78. The van der Waals surface area contributed by atoms with Crippen LogP contribution in [0.4, 0.5) is 5.69 Å². The zero-order chi connectivity index (χ0) is 20.9.